The molecule has 1 amide bonds. The lowest BCUT2D eigenvalue weighted by atomic mass is 10.1. The Morgan fingerprint density at radius 2 is 2.12 bits per heavy atom. The number of para-hydroxylation sites is 1. The van der Waals surface area contributed by atoms with E-state index in [4.69, 9.17) is 0 Å². The molecule has 4 rings (SSSR count). The molecule has 0 bridgehead atoms. The van der Waals surface area contributed by atoms with Gasteiger partial charge in [-0.05, 0) is 30.5 Å². The maximum atomic E-state index is 12.2. The van der Waals surface area contributed by atoms with E-state index < -0.39 is 0 Å². The lowest BCUT2D eigenvalue weighted by Gasteiger charge is -2.18. The Morgan fingerprint density at radius 1 is 1.24 bits per heavy atom. The highest BCUT2D eigenvalue weighted by Crippen LogP contribution is 2.22. The first-order valence-electron chi connectivity index (χ1n) is 8.51. The standard InChI is InChI=1S/C18H20N6O/c25-17(11-16-21-18-19-8-4-9-24(18)22-16)20-12-14-7-10-23(13-14)15-5-2-1-3-6-15/h1-6,8-9,14H,7,10-13H2,(H,20,25). The average molecular weight is 336 g/mol. The van der Waals surface area contributed by atoms with Gasteiger partial charge in [0.1, 0.15) is 0 Å². The van der Waals surface area contributed by atoms with E-state index in [1.54, 1.807) is 23.0 Å². The summed E-state index contributed by atoms with van der Waals surface area (Å²) in [5.74, 6) is 1.43. The van der Waals surface area contributed by atoms with Crippen molar-refractivity contribution >= 4 is 17.4 Å². The second-order valence-corrected chi connectivity index (χ2v) is 6.31. The minimum Gasteiger partial charge on any atom is -0.371 e. The third kappa shape index (κ3) is 3.60. The van der Waals surface area contributed by atoms with Gasteiger partial charge in [0.25, 0.3) is 5.78 Å². The summed E-state index contributed by atoms with van der Waals surface area (Å²) in [5.41, 5.74) is 1.25. The molecule has 1 aliphatic rings. The highest BCUT2D eigenvalue weighted by Gasteiger charge is 2.23. The number of benzene rings is 1. The zero-order chi connectivity index (χ0) is 17.1. The predicted octanol–water partition coefficient (Wildman–Crippen LogP) is 1.31. The summed E-state index contributed by atoms with van der Waals surface area (Å²) in [4.78, 5) is 22.9. The summed E-state index contributed by atoms with van der Waals surface area (Å²) >= 11 is 0. The van der Waals surface area contributed by atoms with E-state index in [0.717, 1.165) is 19.5 Å². The van der Waals surface area contributed by atoms with Crippen LogP contribution in [0, 0.1) is 5.92 Å². The van der Waals surface area contributed by atoms with Gasteiger partial charge >= 0.3 is 0 Å². The van der Waals surface area contributed by atoms with Crippen molar-refractivity contribution in [2.75, 3.05) is 24.5 Å². The summed E-state index contributed by atoms with van der Waals surface area (Å²) in [6.45, 7) is 2.69. The molecule has 2 aromatic heterocycles. The summed E-state index contributed by atoms with van der Waals surface area (Å²) in [7, 11) is 0. The fourth-order valence-electron chi connectivity index (χ4n) is 3.19. The Labute approximate surface area is 145 Å². The van der Waals surface area contributed by atoms with E-state index in [2.05, 4.69) is 49.5 Å². The molecule has 3 heterocycles. The molecule has 1 N–H and O–H groups in total. The van der Waals surface area contributed by atoms with Crippen molar-refractivity contribution in [2.45, 2.75) is 12.8 Å². The number of fused-ring (bicyclic) bond motifs is 1. The van der Waals surface area contributed by atoms with Crippen LogP contribution in [-0.4, -0.2) is 45.1 Å². The number of nitrogens with one attached hydrogen (secondary N) is 1. The van der Waals surface area contributed by atoms with Gasteiger partial charge in [-0.25, -0.2) is 9.50 Å². The van der Waals surface area contributed by atoms with Gasteiger partial charge in [-0.2, -0.15) is 4.98 Å². The maximum absolute atomic E-state index is 12.2. The molecule has 0 aliphatic carbocycles. The summed E-state index contributed by atoms with van der Waals surface area (Å²) < 4.78 is 1.58. The van der Waals surface area contributed by atoms with Crippen molar-refractivity contribution in [1.82, 2.24) is 24.9 Å². The van der Waals surface area contributed by atoms with E-state index in [9.17, 15) is 4.79 Å². The second-order valence-electron chi connectivity index (χ2n) is 6.31. The molecule has 0 radical (unpaired) electrons. The van der Waals surface area contributed by atoms with Crippen LogP contribution in [0.1, 0.15) is 12.2 Å². The molecule has 1 aromatic carbocycles. The Hall–Kier alpha value is -2.96. The smallest absolute Gasteiger partial charge is 0.252 e. The second kappa shape index (κ2) is 6.88. The molecule has 1 fully saturated rings. The molecule has 0 saturated carbocycles. The monoisotopic (exact) mass is 336 g/mol. The fourth-order valence-corrected chi connectivity index (χ4v) is 3.19. The van der Waals surface area contributed by atoms with Gasteiger partial charge in [0.15, 0.2) is 5.82 Å². The first kappa shape index (κ1) is 15.6. The van der Waals surface area contributed by atoms with Gasteiger partial charge in [-0.3, -0.25) is 4.79 Å². The Kier molecular flexibility index (Phi) is 4.28. The number of hydrogen-bond acceptors (Lipinski definition) is 5. The molecular formula is C18H20N6O. The van der Waals surface area contributed by atoms with E-state index >= 15 is 0 Å². The molecule has 7 heteroatoms. The van der Waals surface area contributed by atoms with E-state index in [0.29, 0.717) is 24.1 Å². The summed E-state index contributed by atoms with van der Waals surface area (Å²) in [6.07, 6.45) is 4.70. The number of rotatable bonds is 5. The molecule has 1 unspecified atom stereocenters. The normalized spacial score (nSPS) is 17.1. The fraction of sp³-hybridized carbons (Fsp3) is 0.333. The van der Waals surface area contributed by atoms with Crippen LogP contribution in [0.15, 0.2) is 48.8 Å². The SMILES string of the molecule is O=C(Cc1nc2ncccn2n1)NCC1CCN(c2ccccc2)C1. The number of carbonyl (C=O) groups excluding carboxylic acids is 1. The molecule has 3 aromatic rings. The first-order chi connectivity index (χ1) is 12.3. The van der Waals surface area contributed by atoms with Crippen LogP contribution in [0.2, 0.25) is 0 Å². The van der Waals surface area contributed by atoms with Crippen LogP contribution in [0.4, 0.5) is 5.69 Å². The molecule has 7 nitrogen and oxygen atoms in total. The molecular weight excluding hydrogens is 316 g/mol. The maximum Gasteiger partial charge on any atom is 0.252 e. The minimum atomic E-state index is -0.0472. The number of amides is 1. The number of carbonyl (C=O) groups is 1. The van der Waals surface area contributed by atoms with Crippen LogP contribution in [0.5, 0.6) is 0 Å². The van der Waals surface area contributed by atoms with Crippen molar-refractivity contribution in [2.24, 2.45) is 5.92 Å². The zero-order valence-corrected chi connectivity index (χ0v) is 13.9. The lowest BCUT2D eigenvalue weighted by Crippen LogP contribution is -2.32. The number of aromatic nitrogens is 4. The third-order valence-electron chi connectivity index (χ3n) is 4.47. The number of anilines is 1. The summed E-state index contributed by atoms with van der Waals surface area (Å²) in [5, 5.41) is 7.27. The van der Waals surface area contributed by atoms with E-state index in [1.165, 1.54) is 5.69 Å². The van der Waals surface area contributed by atoms with Gasteiger partial charge < -0.3 is 10.2 Å². The highest BCUT2D eigenvalue weighted by atomic mass is 16.1. The molecule has 1 saturated heterocycles. The largest absolute Gasteiger partial charge is 0.371 e. The topological polar surface area (TPSA) is 75.4 Å². The van der Waals surface area contributed by atoms with Crippen molar-refractivity contribution in [3.63, 3.8) is 0 Å². The molecule has 1 aliphatic heterocycles. The predicted molar refractivity (Wildman–Crippen MR) is 94.3 cm³/mol. The lowest BCUT2D eigenvalue weighted by molar-refractivity contribution is -0.120. The molecule has 1 atom stereocenters. The summed E-state index contributed by atoms with van der Waals surface area (Å²) in [6, 6.07) is 12.2. The van der Waals surface area contributed by atoms with Crippen LogP contribution < -0.4 is 10.2 Å². The Morgan fingerprint density at radius 3 is 2.96 bits per heavy atom. The van der Waals surface area contributed by atoms with Gasteiger partial charge in [-0.15, -0.1) is 5.10 Å². The van der Waals surface area contributed by atoms with Crippen LogP contribution in [0.3, 0.4) is 0 Å². The van der Waals surface area contributed by atoms with E-state index in [1.807, 2.05) is 6.07 Å². The minimum absolute atomic E-state index is 0.0472. The molecule has 25 heavy (non-hydrogen) atoms. The molecule has 0 spiro atoms. The van der Waals surface area contributed by atoms with Crippen LogP contribution in [-0.2, 0) is 11.2 Å². The Balaban J connectivity index is 1.28. The quantitative estimate of drug-likeness (QED) is 0.760. The first-order valence-corrected chi connectivity index (χ1v) is 8.51. The van der Waals surface area contributed by atoms with Crippen molar-refractivity contribution in [3.05, 3.63) is 54.6 Å². The van der Waals surface area contributed by atoms with Gasteiger partial charge in [0.05, 0.1) is 6.42 Å². The zero-order valence-electron chi connectivity index (χ0n) is 13.9. The van der Waals surface area contributed by atoms with Crippen molar-refractivity contribution < 1.29 is 4.79 Å². The average Bonchev–Trinajstić information content (AvgIpc) is 3.27. The molecule has 128 valence electrons. The number of nitrogens with zero attached hydrogens (tertiary/aromatic N) is 5. The number of hydrogen-bond donors (Lipinski definition) is 1. The Bertz CT molecular complexity index is 829. The van der Waals surface area contributed by atoms with Crippen molar-refractivity contribution in [1.29, 1.82) is 0 Å². The van der Waals surface area contributed by atoms with E-state index in [-0.39, 0.29) is 12.3 Å². The van der Waals surface area contributed by atoms with Crippen LogP contribution >= 0.6 is 0 Å². The highest BCUT2D eigenvalue weighted by molar-refractivity contribution is 5.77. The van der Waals surface area contributed by atoms with Gasteiger partial charge in [0.2, 0.25) is 5.91 Å². The van der Waals surface area contributed by atoms with Gasteiger partial charge in [-0.1, -0.05) is 18.2 Å². The van der Waals surface area contributed by atoms with Crippen LogP contribution in [0.25, 0.3) is 5.78 Å². The van der Waals surface area contributed by atoms with Gasteiger partial charge in [0, 0.05) is 37.7 Å². The third-order valence-corrected chi connectivity index (χ3v) is 4.47. The van der Waals surface area contributed by atoms with Crippen molar-refractivity contribution in [3.8, 4) is 0 Å².